The molecular formula is C17H14Cl2N4OS. The fourth-order valence-corrected chi connectivity index (χ4v) is 2.90. The molecule has 0 aliphatic carbocycles. The second-order valence-electron chi connectivity index (χ2n) is 5.01. The third-order valence-electron chi connectivity index (χ3n) is 3.26. The van der Waals surface area contributed by atoms with Crippen molar-refractivity contribution in [2.24, 2.45) is 5.10 Å². The van der Waals surface area contributed by atoms with Gasteiger partial charge in [-0.3, -0.25) is 0 Å². The standard InChI is InChI=1S/C17H14Cl2N4OS/c1-25-17-22-20-11-23(17)21-9-13-8-15(19)5-6-16(13)24-10-12-3-2-4-14(18)7-12/h2-9,11H,10H2,1H3/b21-9-. The Morgan fingerprint density at radius 3 is 2.84 bits per heavy atom. The molecule has 0 fully saturated rings. The third kappa shape index (κ3) is 4.75. The van der Waals surface area contributed by atoms with Crippen LogP contribution in [0.25, 0.3) is 0 Å². The lowest BCUT2D eigenvalue weighted by atomic mass is 10.2. The van der Waals surface area contributed by atoms with Gasteiger partial charge < -0.3 is 4.74 Å². The van der Waals surface area contributed by atoms with E-state index in [-0.39, 0.29) is 0 Å². The number of aromatic nitrogens is 3. The number of benzene rings is 2. The second-order valence-corrected chi connectivity index (χ2v) is 6.65. The van der Waals surface area contributed by atoms with Crippen molar-refractivity contribution in [3.63, 3.8) is 0 Å². The van der Waals surface area contributed by atoms with E-state index in [4.69, 9.17) is 27.9 Å². The molecule has 0 aliphatic heterocycles. The van der Waals surface area contributed by atoms with Gasteiger partial charge >= 0.3 is 0 Å². The van der Waals surface area contributed by atoms with Crippen LogP contribution in [0.2, 0.25) is 10.0 Å². The maximum absolute atomic E-state index is 6.10. The lowest BCUT2D eigenvalue weighted by Gasteiger charge is -2.10. The zero-order chi connectivity index (χ0) is 17.6. The minimum atomic E-state index is 0.395. The molecule has 1 heterocycles. The van der Waals surface area contributed by atoms with E-state index < -0.39 is 0 Å². The third-order valence-corrected chi connectivity index (χ3v) is 4.36. The Hall–Kier alpha value is -2.02. The summed E-state index contributed by atoms with van der Waals surface area (Å²) < 4.78 is 7.50. The van der Waals surface area contributed by atoms with Gasteiger partial charge in [0.1, 0.15) is 18.7 Å². The van der Waals surface area contributed by atoms with Crippen molar-refractivity contribution < 1.29 is 4.74 Å². The van der Waals surface area contributed by atoms with Crippen molar-refractivity contribution in [3.8, 4) is 5.75 Å². The van der Waals surface area contributed by atoms with Crippen LogP contribution < -0.4 is 4.74 Å². The second kappa shape index (κ2) is 8.38. The van der Waals surface area contributed by atoms with E-state index in [1.165, 1.54) is 11.8 Å². The molecule has 3 aromatic rings. The van der Waals surface area contributed by atoms with E-state index in [1.807, 2.05) is 36.6 Å². The summed E-state index contributed by atoms with van der Waals surface area (Å²) in [6.45, 7) is 0.395. The average molecular weight is 393 g/mol. The van der Waals surface area contributed by atoms with Gasteiger partial charge in [-0.15, -0.1) is 10.2 Å². The highest BCUT2D eigenvalue weighted by Gasteiger charge is 2.05. The van der Waals surface area contributed by atoms with Gasteiger partial charge in [0.25, 0.3) is 0 Å². The molecule has 3 rings (SSSR count). The van der Waals surface area contributed by atoms with Gasteiger partial charge in [0, 0.05) is 15.6 Å². The molecule has 0 unspecified atom stereocenters. The van der Waals surface area contributed by atoms with E-state index in [1.54, 1.807) is 29.4 Å². The van der Waals surface area contributed by atoms with Gasteiger partial charge in [-0.2, -0.15) is 9.78 Å². The van der Waals surface area contributed by atoms with Crippen LogP contribution in [0.5, 0.6) is 5.75 Å². The number of hydrogen-bond donors (Lipinski definition) is 0. The van der Waals surface area contributed by atoms with E-state index in [0.717, 1.165) is 11.1 Å². The summed E-state index contributed by atoms with van der Waals surface area (Å²) >= 11 is 13.6. The summed E-state index contributed by atoms with van der Waals surface area (Å²) in [7, 11) is 0. The molecule has 0 radical (unpaired) electrons. The van der Waals surface area contributed by atoms with Crippen LogP contribution in [0, 0.1) is 0 Å². The molecule has 0 spiro atoms. The first-order valence-electron chi connectivity index (χ1n) is 7.31. The lowest BCUT2D eigenvalue weighted by Crippen LogP contribution is -1.99. The quantitative estimate of drug-likeness (QED) is 0.447. The van der Waals surface area contributed by atoms with E-state index in [2.05, 4.69) is 15.3 Å². The molecule has 2 aromatic carbocycles. The number of rotatable bonds is 6. The Kier molecular flexibility index (Phi) is 5.96. The Labute approximate surface area is 159 Å². The number of thioether (sulfide) groups is 1. The first-order valence-corrected chi connectivity index (χ1v) is 9.29. The Bertz CT molecular complexity index is 898. The molecule has 0 aliphatic rings. The Balaban J connectivity index is 1.80. The smallest absolute Gasteiger partial charge is 0.211 e. The van der Waals surface area contributed by atoms with Gasteiger partial charge in [0.05, 0.1) is 6.21 Å². The zero-order valence-electron chi connectivity index (χ0n) is 13.3. The predicted molar refractivity (Wildman–Crippen MR) is 102 cm³/mol. The Morgan fingerprint density at radius 1 is 1.20 bits per heavy atom. The van der Waals surface area contributed by atoms with Crippen LogP contribution in [0.4, 0.5) is 0 Å². The van der Waals surface area contributed by atoms with Crippen molar-refractivity contribution in [2.75, 3.05) is 6.26 Å². The monoisotopic (exact) mass is 392 g/mol. The minimum absolute atomic E-state index is 0.395. The number of hydrogen-bond acceptors (Lipinski definition) is 5. The highest BCUT2D eigenvalue weighted by atomic mass is 35.5. The summed E-state index contributed by atoms with van der Waals surface area (Å²) in [5.41, 5.74) is 1.74. The summed E-state index contributed by atoms with van der Waals surface area (Å²) in [5.74, 6) is 0.673. The van der Waals surface area contributed by atoms with Crippen LogP contribution in [-0.2, 0) is 6.61 Å². The predicted octanol–water partition coefficient (Wildman–Crippen LogP) is 4.77. The van der Waals surface area contributed by atoms with Crippen molar-refractivity contribution in [3.05, 3.63) is 70.0 Å². The van der Waals surface area contributed by atoms with Gasteiger partial charge in [0.2, 0.25) is 5.16 Å². The molecule has 1 aromatic heterocycles. The zero-order valence-corrected chi connectivity index (χ0v) is 15.6. The SMILES string of the molecule is CSc1nncn1/N=C\c1cc(Cl)ccc1OCc1cccc(Cl)c1. The largest absolute Gasteiger partial charge is 0.488 e. The number of nitrogens with zero attached hydrogens (tertiary/aromatic N) is 4. The number of halogens is 2. The molecule has 0 N–H and O–H groups in total. The highest BCUT2D eigenvalue weighted by Crippen LogP contribution is 2.23. The van der Waals surface area contributed by atoms with Gasteiger partial charge in [-0.25, -0.2) is 0 Å². The van der Waals surface area contributed by atoms with Crippen LogP contribution in [0.3, 0.4) is 0 Å². The first kappa shape index (κ1) is 17.8. The molecule has 0 bridgehead atoms. The maximum atomic E-state index is 6.10. The molecule has 25 heavy (non-hydrogen) atoms. The van der Waals surface area contributed by atoms with Crippen LogP contribution in [0.1, 0.15) is 11.1 Å². The van der Waals surface area contributed by atoms with Crippen molar-refractivity contribution in [2.45, 2.75) is 11.8 Å². The lowest BCUT2D eigenvalue weighted by molar-refractivity contribution is 0.306. The van der Waals surface area contributed by atoms with Crippen LogP contribution in [0.15, 0.2) is 59.0 Å². The summed E-state index contributed by atoms with van der Waals surface area (Å²) in [5, 5.41) is 14.1. The molecule has 0 atom stereocenters. The van der Waals surface area contributed by atoms with Crippen molar-refractivity contribution in [1.29, 1.82) is 0 Å². The Morgan fingerprint density at radius 2 is 2.04 bits per heavy atom. The molecule has 8 heteroatoms. The molecule has 0 amide bonds. The van der Waals surface area contributed by atoms with Gasteiger partial charge in [-0.05, 0) is 42.2 Å². The van der Waals surface area contributed by atoms with E-state index >= 15 is 0 Å². The van der Waals surface area contributed by atoms with Gasteiger partial charge in [0.15, 0.2) is 0 Å². The van der Waals surface area contributed by atoms with E-state index in [0.29, 0.717) is 27.6 Å². The molecule has 5 nitrogen and oxygen atoms in total. The van der Waals surface area contributed by atoms with Gasteiger partial charge in [-0.1, -0.05) is 47.1 Å². The topological polar surface area (TPSA) is 52.3 Å². The first-order chi connectivity index (χ1) is 12.2. The van der Waals surface area contributed by atoms with Crippen molar-refractivity contribution >= 4 is 41.2 Å². The maximum Gasteiger partial charge on any atom is 0.211 e. The molecule has 128 valence electrons. The average Bonchev–Trinajstić information content (AvgIpc) is 3.06. The van der Waals surface area contributed by atoms with Crippen molar-refractivity contribution in [1.82, 2.24) is 14.9 Å². The molecule has 0 saturated heterocycles. The summed E-state index contributed by atoms with van der Waals surface area (Å²) in [6.07, 6.45) is 5.12. The molecular weight excluding hydrogens is 379 g/mol. The van der Waals surface area contributed by atoms with E-state index in [9.17, 15) is 0 Å². The highest BCUT2D eigenvalue weighted by molar-refractivity contribution is 7.98. The summed E-state index contributed by atoms with van der Waals surface area (Å²) in [6, 6.07) is 12.9. The summed E-state index contributed by atoms with van der Waals surface area (Å²) in [4.78, 5) is 0. The van der Waals surface area contributed by atoms with Crippen LogP contribution >= 0.6 is 35.0 Å². The molecule has 0 saturated carbocycles. The fraction of sp³-hybridized carbons (Fsp3) is 0.118. The normalized spacial score (nSPS) is 11.2. The van der Waals surface area contributed by atoms with Crippen LogP contribution in [-0.4, -0.2) is 27.3 Å². The number of ether oxygens (including phenoxy) is 1. The minimum Gasteiger partial charge on any atom is -0.488 e. The fourth-order valence-electron chi connectivity index (χ4n) is 2.10.